The molecule has 1 aliphatic carbocycles. The summed E-state index contributed by atoms with van der Waals surface area (Å²) in [7, 11) is -1.47. The molecule has 5 aromatic rings. The number of benzene rings is 5. The lowest BCUT2D eigenvalue weighted by atomic mass is 9.77. The van der Waals surface area contributed by atoms with E-state index in [-0.39, 0.29) is 5.41 Å². The lowest BCUT2D eigenvalue weighted by Crippen LogP contribution is -2.57. The Morgan fingerprint density at radius 1 is 0.613 bits per heavy atom. The van der Waals surface area contributed by atoms with E-state index in [0.717, 1.165) is 39.3 Å². The fourth-order valence-electron chi connectivity index (χ4n) is 9.13. The van der Waals surface area contributed by atoms with E-state index in [4.69, 9.17) is 32.2 Å². The molecule has 0 saturated carbocycles. The Kier molecular flexibility index (Phi) is 12.2. The quantitative estimate of drug-likeness (QED) is 0.0814. The van der Waals surface area contributed by atoms with E-state index in [0.29, 0.717) is 25.7 Å². The van der Waals surface area contributed by atoms with Gasteiger partial charge in [-0.3, -0.25) is 0 Å². The summed E-state index contributed by atoms with van der Waals surface area (Å²) in [6, 6.07) is 34.6. The molecule has 330 valence electrons. The van der Waals surface area contributed by atoms with Crippen LogP contribution in [-0.4, -0.2) is 51.5 Å². The van der Waals surface area contributed by atoms with Gasteiger partial charge in [-0.15, -0.1) is 0 Å². The van der Waals surface area contributed by atoms with Crippen molar-refractivity contribution < 1.29 is 32.2 Å². The van der Waals surface area contributed by atoms with Gasteiger partial charge in [0.05, 0.1) is 36.1 Å². The summed E-state index contributed by atoms with van der Waals surface area (Å²) in [5.41, 5.74) is 5.44. The molecule has 62 heavy (non-hydrogen) atoms. The van der Waals surface area contributed by atoms with Gasteiger partial charge in [0.15, 0.2) is 5.60 Å². The molecule has 0 spiro atoms. The van der Waals surface area contributed by atoms with Crippen LogP contribution in [0.15, 0.2) is 103 Å². The van der Waals surface area contributed by atoms with Crippen molar-refractivity contribution in [1.29, 1.82) is 0 Å². The number of fused-ring (bicyclic) bond motifs is 8. The third kappa shape index (κ3) is 9.55. The zero-order valence-electron chi connectivity index (χ0n) is 39.6. The maximum Gasteiger partial charge on any atom is 0.502 e. The zero-order chi connectivity index (χ0) is 44.9. The Hall–Kier alpha value is -4.44. The minimum absolute atomic E-state index is 0.208. The maximum absolute atomic E-state index is 7.49. The SMILES string of the molecule is COc1ccc(C2(c3ccc(OCCOC(C)(C)CC[Si](OC(C)(C)C)(OC(C)(C)C)OC(C)(C)C)cc3)C=Cc3c4c(c5ccccc5c3O2)-c2ccccc2C4(C)C)cc1. The highest BCUT2D eigenvalue weighted by Gasteiger charge is 2.51. The fourth-order valence-corrected chi connectivity index (χ4v) is 13.3. The predicted molar refractivity (Wildman–Crippen MR) is 255 cm³/mol. The molecule has 0 fully saturated rings. The van der Waals surface area contributed by atoms with Crippen molar-refractivity contribution in [2.45, 2.75) is 136 Å². The van der Waals surface area contributed by atoms with Gasteiger partial charge < -0.3 is 32.2 Å². The molecule has 2 aliphatic rings. The molecule has 0 radical (unpaired) electrons. The van der Waals surface area contributed by atoms with E-state index in [1.165, 1.54) is 27.6 Å². The number of hydrogen-bond acceptors (Lipinski definition) is 7. The third-order valence-electron chi connectivity index (χ3n) is 11.5. The standard InChI is InChI=1S/C54H68O7Si/c1-49(2,3)59-62(60-50(4,5)6,61-51(7,8)9)36-33-52(10,11)57-35-34-56-40-29-25-38(26-30-40)54(37-23-27-39(55-14)28-24-37)32-31-44-47-46(41-19-15-16-20-42(41)48(44)58-54)43-21-17-18-22-45(43)53(47,12)13/h15-32H,33-36H2,1-14H3. The van der Waals surface area contributed by atoms with Gasteiger partial charge >= 0.3 is 8.80 Å². The third-order valence-corrected chi connectivity index (χ3v) is 15.1. The summed E-state index contributed by atoms with van der Waals surface area (Å²) in [4.78, 5) is 0. The van der Waals surface area contributed by atoms with Gasteiger partial charge in [0.25, 0.3) is 0 Å². The van der Waals surface area contributed by atoms with Crippen LogP contribution >= 0.6 is 0 Å². The lowest BCUT2D eigenvalue weighted by Gasteiger charge is -2.44. The normalized spacial score (nSPS) is 17.3. The lowest BCUT2D eigenvalue weighted by molar-refractivity contribution is -0.0823. The minimum Gasteiger partial charge on any atom is -0.497 e. The van der Waals surface area contributed by atoms with Crippen molar-refractivity contribution in [2.24, 2.45) is 0 Å². The molecule has 7 nitrogen and oxygen atoms in total. The second-order valence-electron chi connectivity index (χ2n) is 20.9. The number of methoxy groups -OCH3 is 1. The van der Waals surface area contributed by atoms with E-state index in [2.05, 4.69) is 175 Å². The maximum atomic E-state index is 7.49. The van der Waals surface area contributed by atoms with Crippen LogP contribution in [0.1, 0.15) is 124 Å². The highest BCUT2D eigenvalue weighted by atomic mass is 28.4. The summed E-state index contributed by atoms with van der Waals surface area (Å²) >= 11 is 0. The molecule has 5 aromatic carbocycles. The molecule has 7 rings (SSSR count). The van der Waals surface area contributed by atoms with Crippen LogP contribution in [0.2, 0.25) is 6.04 Å². The summed E-state index contributed by atoms with van der Waals surface area (Å²) < 4.78 is 46.0. The van der Waals surface area contributed by atoms with Crippen molar-refractivity contribution in [2.75, 3.05) is 20.3 Å². The van der Waals surface area contributed by atoms with Gasteiger partial charge in [-0.1, -0.05) is 92.7 Å². The first-order valence-corrected chi connectivity index (χ1v) is 24.1. The van der Waals surface area contributed by atoms with Crippen molar-refractivity contribution >= 4 is 25.7 Å². The van der Waals surface area contributed by atoms with Crippen LogP contribution in [0, 0.1) is 0 Å². The van der Waals surface area contributed by atoms with Crippen molar-refractivity contribution in [3.63, 3.8) is 0 Å². The Morgan fingerprint density at radius 2 is 1.15 bits per heavy atom. The molecule has 0 N–H and O–H groups in total. The van der Waals surface area contributed by atoms with Crippen molar-refractivity contribution in [3.05, 3.63) is 131 Å². The Bertz CT molecular complexity index is 2370. The van der Waals surface area contributed by atoms with Crippen LogP contribution in [-0.2, 0) is 29.0 Å². The highest BCUT2D eigenvalue weighted by Crippen LogP contribution is 2.58. The zero-order valence-corrected chi connectivity index (χ0v) is 40.6. The van der Waals surface area contributed by atoms with Gasteiger partial charge in [0.1, 0.15) is 23.9 Å². The van der Waals surface area contributed by atoms with E-state index in [1.807, 2.05) is 24.3 Å². The van der Waals surface area contributed by atoms with Gasteiger partial charge in [0, 0.05) is 33.5 Å². The van der Waals surface area contributed by atoms with Gasteiger partial charge in [0.2, 0.25) is 0 Å². The van der Waals surface area contributed by atoms with Crippen LogP contribution in [0.5, 0.6) is 17.2 Å². The molecule has 1 heterocycles. The summed E-state index contributed by atoms with van der Waals surface area (Å²) in [6.07, 6.45) is 5.21. The van der Waals surface area contributed by atoms with Gasteiger partial charge in [-0.25, -0.2) is 0 Å². The van der Waals surface area contributed by atoms with E-state index in [1.54, 1.807) is 7.11 Å². The number of rotatable bonds is 14. The minimum atomic E-state index is -3.16. The summed E-state index contributed by atoms with van der Waals surface area (Å²) in [5, 5.41) is 2.29. The average molecular weight is 857 g/mol. The topological polar surface area (TPSA) is 64.6 Å². The molecule has 0 saturated heterocycles. The average Bonchev–Trinajstić information content (AvgIpc) is 3.43. The number of ether oxygens (including phenoxy) is 4. The largest absolute Gasteiger partial charge is 0.502 e. The molecule has 0 amide bonds. The molecular weight excluding hydrogens is 789 g/mol. The summed E-state index contributed by atoms with van der Waals surface area (Å²) in [5.74, 6) is 2.43. The second-order valence-corrected chi connectivity index (χ2v) is 23.4. The molecule has 0 bridgehead atoms. The summed E-state index contributed by atoms with van der Waals surface area (Å²) in [6.45, 7) is 28.2. The second kappa shape index (κ2) is 16.6. The Labute approximate surface area is 372 Å². The smallest absolute Gasteiger partial charge is 0.497 e. The highest BCUT2D eigenvalue weighted by molar-refractivity contribution is 6.61. The van der Waals surface area contributed by atoms with Gasteiger partial charge in [-0.2, -0.15) is 0 Å². The van der Waals surface area contributed by atoms with E-state index in [9.17, 15) is 0 Å². The van der Waals surface area contributed by atoms with E-state index < -0.39 is 36.8 Å². The predicted octanol–water partition coefficient (Wildman–Crippen LogP) is 13.5. The Balaban J connectivity index is 1.12. The van der Waals surface area contributed by atoms with Crippen molar-refractivity contribution in [3.8, 4) is 28.4 Å². The van der Waals surface area contributed by atoms with Gasteiger partial charge in [-0.05, 0) is 141 Å². The molecule has 0 aromatic heterocycles. The first kappa shape index (κ1) is 45.6. The van der Waals surface area contributed by atoms with Crippen LogP contribution in [0.3, 0.4) is 0 Å². The number of hydrogen-bond donors (Lipinski definition) is 0. The van der Waals surface area contributed by atoms with E-state index >= 15 is 0 Å². The fraction of sp³-hybridized carbons (Fsp3) is 0.444. The molecule has 8 heteroatoms. The molecule has 1 unspecified atom stereocenters. The molecule has 1 atom stereocenters. The van der Waals surface area contributed by atoms with Crippen LogP contribution in [0.25, 0.3) is 28.0 Å². The first-order chi connectivity index (χ1) is 28.9. The van der Waals surface area contributed by atoms with Crippen molar-refractivity contribution in [1.82, 2.24) is 0 Å². The molecule has 1 aliphatic heterocycles. The van der Waals surface area contributed by atoms with Crippen LogP contribution in [0.4, 0.5) is 0 Å². The Morgan fingerprint density at radius 3 is 1.71 bits per heavy atom. The monoisotopic (exact) mass is 856 g/mol. The first-order valence-electron chi connectivity index (χ1n) is 22.1. The van der Waals surface area contributed by atoms with Crippen LogP contribution < -0.4 is 14.2 Å². The molecular formula is C54H68O7Si.